The molecule has 0 spiro atoms. The Morgan fingerprint density at radius 3 is 2.71 bits per heavy atom. The number of hydrogen-bond acceptors (Lipinski definition) is 8. The molecule has 2 aromatic rings. The van der Waals surface area contributed by atoms with E-state index in [1.54, 1.807) is 49.1 Å². The molecule has 3 rings (SSSR count). The number of nitrogens with zero attached hydrogens (tertiary/aromatic N) is 2. The lowest BCUT2D eigenvalue weighted by Crippen LogP contribution is -2.31. The van der Waals surface area contributed by atoms with Gasteiger partial charge >= 0.3 is 0 Å². The van der Waals surface area contributed by atoms with E-state index < -0.39 is 0 Å². The molecule has 0 amide bonds. The summed E-state index contributed by atoms with van der Waals surface area (Å²) >= 11 is 4.96. The molecule has 2 aromatic heterocycles. The Bertz CT molecular complexity index is 729. The Kier molecular flexibility index (Phi) is 5.73. The largest absolute Gasteiger partial charge is 0.370 e. The minimum absolute atomic E-state index is 0.150. The van der Waals surface area contributed by atoms with Crippen molar-refractivity contribution < 1.29 is 14.2 Å². The quantitative estimate of drug-likeness (QED) is 0.322. The molecule has 5 nitrogen and oxygen atoms in total. The van der Waals surface area contributed by atoms with E-state index >= 15 is 0 Å². The lowest BCUT2D eigenvalue weighted by molar-refractivity contribution is -0.0842. The first-order valence-corrected chi connectivity index (χ1v) is 10.7. The van der Waals surface area contributed by atoms with Gasteiger partial charge in [-0.2, -0.15) is 0 Å². The lowest BCUT2D eigenvalue weighted by atomic mass is 9.95. The number of rotatable bonds is 6. The number of aromatic nitrogens is 2. The predicted octanol–water partition coefficient (Wildman–Crippen LogP) is 3.98. The Labute approximate surface area is 154 Å². The Morgan fingerprint density at radius 2 is 2.04 bits per heavy atom. The first kappa shape index (κ1) is 18.4. The summed E-state index contributed by atoms with van der Waals surface area (Å²) in [5, 5.41) is 2.99. The van der Waals surface area contributed by atoms with Crippen LogP contribution in [0.4, 0.5) is 0 Å². The van der Waals surface area contributed by atoms with Crippen molar-refractivity contribution in [3.63, 3.8) is 0 Å². The van der Waals surface area contributed by atoms with Crippen LogP contribution in [0.2, 0.25) is 0 Å². The summed E-state index contributed by atoms with van der Waals surface area (Å²) in [4.78, 5) is 11.8. The van der Waals surface area contributed by atoms with Gasteiger partial charge in [0.15, 0.2) is 11.4 Å². The normalized spacial score (nSPS) is 16.8. The minimum atomic E-state index is -0.244. The molecule has 0 fully saturated rings. The Hall–Kier alpha value is -0.380. The van der Waals surface area contributed by atoms with Gasteiger partial charge in [0.1, 0.15) is 9.86 Å². The van der Waals surface area contributed by atoms with Crippen LogP contribution in [-0.4, -0.2) is 48.1 Å². The highest BCUT2D eigenvalue weighted by atomic mass is 32.2. The van der Waals surface area contributed by atoms with Crippen molar-refractivity contribution in [3.8, 4) is 0 Å². The standard InChI is InChI=1S/C16H22N2O3S3/c1-16(2)6-9-10(7-21-16)24-14-12(9)13(17-15(18-14)22-5)23-8-11(19-3)20-4/h11H,6-8H2,1-5H3. The summed E-state index contributed by atoms with van der Waals surface area (Å²) in [6.45, 7) is 4.92. The van der Waals surface area contributed by atoms with Crippen molar-refractivity contribution in [1.82, 2.24) is 9.97 Å². The third kappa shape index (κ3) is 3.73. The molecule has 132 valence electrons. The molecule has 0 atom stereocenters. The highest BCUT2D eigenvalue weighted by molar-refractivity contribution is 7.99. The number of fused-ring (bicyclic) bond motifs is 3. The number of thiophene rings is 1. The molecular weight excluding hydrogens is 364 g/mol. The summed E-state index contributed by atoms with van der Waals surface area (Å²) < 4.78 is 16.6. The van der Waals surface area contributed by atoms with Gasteiger partial charge in [-0.1, -0.05) is 11.8 Å². The van der Waals surface area contributed by atoms with Crippen LogP contribution >= 0.6 is 34.9 Å². The SMILES string of the molecule is COC(CSc1nc(SC)nc2sc3c(c12)CC(C)(C)OC3)OC. The number of thioether (sulfide) groups is 2. The van der Waals surface area contributed by atoms with E-state index in [9.17, 15) is 0 Å². The van der Waals surface area contributed by atoms with Crippen molar-refractivity contribution in [3.05, 3.63) is 10.4 Å². The van der Waals surface area contributed by atoms with Gasteiger partial charge in [0.2, 0.25) is 0 Å². The van der Waals surface area contributed by atoms with E-state index in [-0.39, 0.29) is 11.9 Å². The zero-order valence-corrected chi connectivity index (χ0v) is 17.0. The second-order valence-corrected chi connectivity index (χ2v) is 9.00. The van der Waals surface area contributed by atoms with Crippen LogP contribution in [0.15, 0.2) is 10.2 Å². The van der Waals surface area contributed by atoms with Gasteiger partial charge in [-0.05, 0) is 25.7 Å². The van der Waals surface area contributed by atoms with Crippen LogP contribution in [0, 0.1) is 0 Å². The first-order chi connectivity index (χ1) is 11.5. The minimum Gasteiger partial charge on any atom is -0.370 e. The highest BCUT2D eigenvalue weighted by Gasteiger charge is 2.31. The fourth-order valence-corrected chi connectivity index (χ4v) is 5.40. The molecule has 0 saturated carbocycles. The maximum absolute atomic E-state index is 5.96. The van der Waals surface area contributed by atoms with Crippen LogP contribution in [0.25, 0.3) is 10.2 Å². The van der Waals surface area contributed by atoms with Gasteiger partial charge in [-0.3, -0.25) is 0 Å². The van der Waals surface area contributed by atoms with Crippen molar-refractivity contribution in [2.75, 3.05) is 26.2 Å². The fraction of sp³-hybridized carbons (Fsp3) is 0.625. The molecule has 0 N–H and O–H groups in total. The highest BCUT2D eigenvalue weighted by Crippen LogP contribution is 2.42. The monoisotopic (exact) mass is 386 g/mol. The third-order valence-electron chi connectivity index (χ3n) is 3.94. The molecule has 24 heavy (non-hydrogen) atoms. The van der Waals surface area contributed by atoms with E-state index in [0.29, 0.717) is 12.4 Å². The van der Waals surface area contributed by atoms with Gasteiger partial charge in [0, 0.05) is 30.9 Å². The van der Waals surface area contributed by atoms with E-state index in [0.717, 1.165) is 21.4 Å². The van der Waals surface area contributed by atoms with Gasteiger partial charge in [-0.25, -0.2) is 9.97 Å². The molecule has 1 aliphatic heterocycles. The topological polar surface area (TPSA) is 53.5 Å². The van der Waals surface area contributed by atoms with Crippen molar-refractivity contribution in [1.29, 1.82) is 0 Å². The summed E-state index contributed by atoms with van der Waals surface area (Å²) in [7, 11) is 3.31. The van der Waals surface area contributed by atoms with Gasteiger partial charge < -0.3 is 14.2 Å². The van der Waals surface area contributed by atoms with E-state index in [2.05, 4.69) is 13.8 Å². The third-order valence-corrected chi connectivity index (χ3v) is 6.60. The summed E-state index contributed by atoms with van der Waals surface area (Å²) in [6.07, 6.45) is 2.64. The second kappa shape index (κ2) is 7.47. The van der Waals surface area contributed by atoms with Crippen LogP contribution < -0.4 is 0 Å². The zero-order valence-electron chi connectivity index (χ0n) is 14.5. The summed E-state index contributed by atoms with van der Waals surface area (Å²) in [5.74, 6) is 0.692. The van der Waals surface area contributed by atoms with E-state index in [1.165, 1.54) is 15.8 Å². The first-order valence-electron chi connectivity index (χ1n) is 7.66. The molecule has 0 aliphatic carbocycles. The second-order valence-electron chi connectivity index (χ2n) is 6.14. The smallest absolute Gasteiger partial charge is 0.189 e. The zero-order chi connectivity index (χ0) is 17.3. The maximum atomic E-state index is 5.96. The Balaban J connectivity index is 2.04. The molecule has 0 bridgehead atoms. The van der Waals surface area contributed by atoms with Crippen LogP contribution in [0.5, 0.6) is 0 Å². The van der Waals surface area contributed by atoms with Crippen LogP contribution in [-0.2, 0) is 27.2 Å². The van der Waals surface area contributed by atoms with Crippen LogP contribution in [0.1, 0.15) is 24.3 Å². The molecule has 0 aromatic carbocycles. The van der Waals surface area contributed by atoms with Crippen LogP contribution in [0.3, 0.4) is 0 Å². The van der Waals surface area contributed by atoms with Crippen molar-refractivity contribution >= 4 is 45.1 Å². The molecular formula is C16H22N2O3S3. The number of ether oxygens (including phenoxy) is 3. The van der Waals surface area contributed by atoms with Crippen molar-refractivity contribution in [2.24, 2.45) is 0 Å². The van der Waals surface area contributed by atoms with Gasteiger partial charge in [0.05, 0.1) is 18.0 Å². The van der Waals surface area contributed by atoms with Gasteiger partial charge in [0.25, 0.3) is 0 Å². The molecule has 8 heteroatoms. The number of hydrogen-bond donors (Lipinski definition) is 0. The molecule has 0 radical (unpaired) electrons. The maximum Gasteiger partial charge on any atom is 0.189 e. The fourth-order valence-electron chi connectivity index (χ4n) is 2.67. The summed E-state index contributed by atoms with van der Waals surface area (Å²) in [6, 6.07) is 0. The Morgan fingerprint density at radius 1 is 1.29 bits per heavy atom. The van der Waals surface area contributed by atoms with E-state index in [4.69, 9.17) is 24.2 Å². The predicted molar refractivity (Wildman–Crippen MR) is 100 cm³/mol. The molecule has 0 saturated heterocycles. The molecule has 1 aliphatic rings. The average Bonchev–Trinajstić information content (AvgIpc) is 2.92. The van der Waals surface area contributed by atoms with Gasteiger partial charge in [-0.15, -0.1) is 23.1 Å². The molecule has 0 unspecified atom stereocenters. The molecule has 3 heterocycles. The van der Waals surface area contributed by atoms with Crippen molar-refractivity contribution in [2.45, 2.75) is 48.9 Å². The average molecular weight is 387 g/mol. The number of methoxy groups -OCH3 is 2. The van der Waals surface area contributed by atoms with E-state index in [1.807, 2.05) is 6.26 Å². The summed E-state index contributed by atoms with van der Waals surface area (Å²) in [5.41, 5.74) is 1.19. The lowest BCUT2D eigenvalue weighted by Gasteiger charge is -2.30.